The molecule has 0 aliphatic heterocycles. The van der Waals surface area contributed by atoms with Crippen molar-refractivity contribution in [3.05, 3.63) is 0 Å². The van der Waals surface area contributed by atoms with Crippen LogP contribution in [0, 0.1) is 0 Å². The summed E-state index contributed by atoms with van der Waals surface area (Å²) in [7, 11) is -3.14. The molecule has 1 saturated carbocycles. The fraction of sp³-hybridized carbons (Fsp3) is 1.00. The van der Waals surface area contributed by atoms with Gasteiger partial charge < -0.3 is 5.32 Å². The Morgan fingerprint density at radius 3 is 2.11 bits per heavy atom. The molecule has 1 aliphatic carbocycles. The van der Waals surface area contributed by atoms with Crippen LogP contribution < -0.4 is 10.0 Å². The molecule has 0 heterocycles. The van der Waals surface area contributed by atoms with Crippen LogP contribution >= 0.6 is 0 Å². The molecule has 0 amide bonds. The van der Waals surface area contributed by atoms with Crippen LogP contribution in [0.25, 0.3) is 0 Å². The SMILES string of the molecule is CCC(CC)(CC)NS(=O)(=O)CCCNC1CC1. The maximum absolute atomic E-state index is 12.0. The molecule has 0 spiro atoms. The van der Waals surface area contributed by atoms with Crippen molar-refractivity contribution in [3.63, 3.8) is 0 Å². The Labute approximate surface area is 112 Å². The fourth-order valence-corrected chi connectivity index (χ4v) is 3.92. The van der Waals surface area contributed by atoms with Gasteiger partial charge in [-0.1, -0.05) is 20.8 Å². The molecule has 0 radical (unpaired) electrons. The standard InChI is InChI=1S/C13H28N2O2S/c1-4-13(5-2,6-3)15-18(16,17)11-7-10-14-12-8-9-12/h12,14-15H,4-11H2,1-3H3. The molecule has 4 nitrogen and oxygen atoms in total. The summed E-state index contributed by atoms with van der Waals surface area (Å²) < 4.78 is 27.0. The van der Waals surface area contributed by atoms with Crippen LogP contribution in [0.15, 0.2) is 0 Å². The number of hydrogen-bond donors (Lipinski definition) is 2. The smallest absolute Gasteiger partial charge is 0.212 e. The molecule has 0 bridgehead atoms. The van der Waals surface area contributed by atoms with Gasteiger partial charge in [0.15, 0.2) is 0 Å². The second-order valence-corrected chi connectivity index (χ2v) is 7.19. The highest BCUT2D eigenvalue weighted by molar-refractivity contribution is 7.89. The van der Waals surface area contributed by atoms with E-state index in [-0.39, 0.29) is 11.3 Å². The monoisotopic (exact) mass is 276 g/mol. The summed E-state index contributed by atoms with van der Waals surface area (Å²) in [4.78, 5) is 0. The average molecular weight is 276 g/mol. The van der Waals surface area contributed by atoms with Crippen LogP contribution in [0.3, 0.4) is 0 Å². The van der Waals surface area contributed by atoms with Crippen LogP contribution in [0.2, 0.25) is 0 Å². The second kappa shape index (κ2) is 6.87. The first-order valence-corrected chi connectivity index (χ1v) is 8.87. The number of sulfonamides is 1. The molecule has 2 N–H and O–H groups in total. The summed E-state index contributed by atoms with van der Waals surface area (Å²) in [6.07, 6.45) is 5.73. The van der Waals surface area contributed by atoms with E-state index in [4.69, 9.17) is 0 Å². The minimum atomic E-state index is -3.14. The maximum atomic E-state index is 12.0. The summed E-state index contributed by atoms with van der Waals surface area (Å²) in [6.45, 7) is 6.95. The third kappa shape index (κ3) is 5.24. The summed E-state index contributed by atoms with van der Waals surface area (Å²) >= 11 is 0. The van der Waals surface area contributed by atoms with Gasteiger partial charge in [-0.15, -0.1) is 0 Å². The van der Waals surface area contributed by atoms with Gasteiger partial charge in [-0.25, -0.2) is 13.1 Å². The van der Waals surface area contributed by atoms with E-state index >= 15 is 0 Å². The van der Waals surface area contributed by atoms with Crippen LogP contribution in [0.5, 0.6) is 0 Å². The van der Waals surface area contributed by atoms with Gasteiger partial charge in [-0.2, -0.15) is 0 Å². The van der Waals surface area contributed by atoms with Crippen LogP contribution in [0.4, 0.5) is 0 Å². The molecule has 5 heteroatoms. The Kier molecular flexibility index (Phi) is 6.08. The molecule has 108 valence electrons. The van der Waals surface area contributed by atoms with E-state index in [1.165, 1.54) is 12.8 Å². The molecule has 0 aromatic rings. The van der Waals surface area contributed by atoms with Crippen molar-refractivity contribution in [2.45, 2.75) is 70.9 Å². The molecular formula is C13H28N2O2S. The zero-order valence-corrected chi connectivity index (χ0v) is 12.8. The lowest BCUT2D eigenvalue weighted by Gasteiger charge is -2.31. The Morgan fingerprint density at radius 1 is 1.11 bits per heavy atom. The van der Waals surface area contributed by atoms with Gasteiger partial charge in [0, 0.05) is 11.6 Å². The van der Waals surface area contributed by atoms with Crippen molar-refractivity contribution in [2.75, 3.05) is 12.3 Å². The second-order valence-electron chi connectivity index (χ2n) is 5.34. The third-order valence-corrected chi connectivity index (χ3v) is 5.57. The van der Waals surface area contributed by atoms with Gasteiger partial charge in [0.25, 0.3) is 0 Å². The van der Waals surface area contributed by atoms with Crippen molar-refractivity contribution in [1.29, 1.82) is 0 Å². The molecule has 0 aromatic heterocycles. The zero-order chi connectivity index (χ0) is 13.6. The predicted molar refractivity (Wildman–Crippen MR) is 76.2 cm³/mol. The normalized spacial score (nSPS) is 17.1. The highest BCUT2D eigenvalue weighted by Gasteiger charge is 2.29. The maximum Gasteiger partial charge on any atom is 0.212 e. The Balaban J connectivity index is 2.36. The van der Waals surface area contributed by atoms with E-state index in [1.807, 2.05) is 20.8 Å². The van der Waals surface area contributed by atoms with Gasteiger partial charge in [-0.3, -0.25) is 0 Å². The summed E-state index contributed by atoms with van der Waals surface area (Å²) in [5.74, 6) is 0.231. The van der Waals surface area contributed by atoms with Crippen molar-refractivity contribution >= 4 is 10.0 Å². The third-order valence-electron chi connectivity index (χ3n) is 4.00. The summed E-state index contributed by atoms with van der Waals surface area (Å²) in [6, 6.07) is 0.654. The molecule has 18 heavy (non-hydrogen) atoms. The highest BCUT2D eigenvalue weighted by atomic mass is 32.2. The van der Waals surface area contributed by atoms with E-state index in [1.54, 1.807) is 0 Å². The predicted octanol–water partition coefficient (Wildman–Crippen LogP) is 2.02. The Hall–Kier alpha value is -0.130. The first kappa shape index (κ1) is 15.9. The molecule has 1 rings (SSSR count). The van der Waals surface area contributed by atoms with Gasteiger partial charge in [-0.05, 0) is 45.1 Å². The number of nitrogens with one attached hydrogen (secondary N) is 2. The lowest BCUT2D eigenvalue weighted by Crippen LogP contribution is -2.48. The van der Waals surface area contributed by atoms with Crippen molar-refractivity contribution in [3.8, 4) is 0 Å². The summed E-state index contributed by atoms with van der Waals surface area (Å²) in [5, 5.41) is 3.34. The van der Waals surface area contributed by atoms with Gasteiger partial charge in [0.05, 0.1) is 5.75 Å². The van der Waals surface area contributed by atoms with Gasteiger partial charge in [0.1, 0.15) is 0 Å². The minimum Gasteiger partial charge on any atom is -0.314 e. The lowest BCUT2D eigenvalue weighted by molar-refractivity contribution is 0.341. The van der Waals surface area contributed by atoms with Crippen molar-refractivity contribution in [1.82, 2.24) is 10.0 Å². The van der Waals surface area contributed by atoms with Crippen LogP contribution in [0.1, 0.15) is 59.3 Å². The molecule has 0 atom stereocenters. The van der Waals surface area contributed by atoms with E-state index in [9.17, 15) is 8.42 Å². The van der Waals surface area contributed by atoms with Gasteiger partial charge >= 0.3 is 0 Å². The molecule has 0 aromatic carbocycles. The van der Waals surface area contributed by atoms with Crippen LogP contribution in [-0.2, 0) is 10.0 Å². The first-order chi connectivity index (χ1) is 8.47. The van der Waals surface area contributed by atoms with Gasteiger partial charge in [0.2, 0.25) is 10.0 Å². The van der Waals surface area contributed by atoms with E-state index < -0.39 is 10.0 Å². The average Bonchev–Trinajstić information content (AvgIpc) is 3.16. The van der Waals surface area contributed by atoms with Crippen LogP contribution in [-0.4, -0.2) is 32.3 Å². The topological polar surface area (TPSA) is 58.2 Å². The highest BCUT2D eigenvalue weighted by Crippen LogP contribution is 2.21. The Morgan fingerprint density at radius 2 is 1.67 bits per heavy atom. The molecule has 1 fully saturated rings. The number of hydrogen-bond acceptors (Lipinski definition) is 3. The molecule has 1 aliphatic rings. The fourth-order valence-electron chi connectivity index (χ4n) is 2.20. The lowest BCUT2D eigenvalue weighted by atomic mass is 9.91. The molecule has 0 saturated heterocycles. The first-order valence-electron chi connectivity index (χ1n) is 7.22. The van der Waals surface area contributed by atoms with E-state index in [0.717, 1.165) is 25.8 Å². The molecule has 0 unspecified atom stereocenters. The largest absolute Gasteiger partial charge is 0.314 e. The zero-order valence-electron chi connectivity index (χ0n) is 12.0. The molecular weight excluding hydrogens is 248 g/mol. The van der Waals surface area contributed by atoms with E-state index in [0.29, 0.717) is 12.5 Å². The minimum absolute atomic E-state index is 0.231. The summed E-state index contributed by atoms with van der Waals surface area (Å²) in [5.41, 5.74) is -0.247. The number of rotatable bonds is 10. The quantitative estimate of drug-likeness (QED) is 0.600. The Bertz CT molecular complexity index is 325. The van der Waals surface area contributed by atoms with Crippen molar-refractivity contribution < 1.29 is 8.42 Å². The van der Waals surface area contributed by atoms with Crippen molar-refractivity contribution in [2.24, 2.45) is 0 Å². The van der Waals surface area contributed by atoms with E-state index in [2.05, 4.69) is 10.0 Å².